The van der Waals surface area contributed by atoms with Crippen molar-refractivity contribution in [1.29, 1.82) is 0 Å². The summed E-state index contributed by atoms with van der Waals surface area (Å²) in [5.74, 6) is 1.22. The Kier molecular flexibility index (Phi) is 6.14. The Balaban J connectivity index is 2.70. The number of carbonyl (C=O) groups is 2. The summed E-state index contributed by atoms with van der Waals surface area (Å²) in [4.78, 5) is 26.6. The van der Waals surface area contributed by atoms with E-state index in [4.69, 9.17) is 5.11 Å². The molecular formula is C11H20N2O3S2. The van der Waals surface area contributed by atoms with E-state index in [9.17, 15) is 9.59 Å². The van der Waals surface area contributed by atoms with Crippen molar-refractivity contribution in [2.45, 2.75) is 19.0 Å². The number of thioether (sulfide) groups is 2. The lowest BCUT2D eigenvalue weighted by atomic mass is 10.2. The van der Waals surface area contributed by atoms with Gasteiger partial charge in [-0.25, -0.2) is 9.59 Å². The summed E-state index contributed by atoms with van der Waals surface area (Å²) in [7, 11) is 1.74. The molecule has 1 heterocycles. The topological polar surface area (TPSA) is 60.9 Å². The van der Waals surface area contributed by atoms with Crippen molar-refractivity contribution < 1.29 is 14.7 Å². The van der Waals surface area contributed by atoms with Gasteiger partial charge < -0.3 is 14.9 Å². The van der Waals surface area contributed by atoms with Crippen LogP contribution in [0.3, 0.4) is 0 Å². The van der Waals surface area contributed by atoms with Crippen LogP contribution in [0.15, 0.2) is 0 Å². The van der Waals surface area contributed by atoms with Crippen molar-refractivity contribution in [2.75, 3.05) is 37.1 Å². The van der Waals surface area contributed by atoms with E-state index in [2.05, 4.69) is 0 Å². The molecule has 1 rings (SSSR count). The number of amides is 2. The van der Waals surface area contributed by atoms with Gasteiger partial charge in [0.25, 0.3) is 0 Å². The monoisotopic (exact) mass is 292 g/mol. The third-order valence-electron chi connectivity index (χ3n) is 3.03. The Morgan fingerprint density at radius 3 is 2.83 bits per heavy atom. The molecular weight excluding hydrogens is 272 g/mol. The molecule has 7 heteroatoms. The van der Waals surface area contributed by atoms with Crippen molar-refractivity contribution in [3.63, 3.8) is 0 Å². The second kappa shape index (κ2) is 7.13. The van der Waals surface area contributed by atoms with E-state index in [1.54, 1.807) is 35.5 Å². The first-order valence-electron chi connectivity index (χ1n) is 5.82. The number of urea groups is 1. The molecule has 0 aliphatic carbocycles. The van der Waals surface area contributed by atoms with Crippen molar-refractivity contribution in [1.82, 2.24) is 9.80 Å². The average Bonchev–Trinajstić information content (AvgIpc) is 2.37. The summed E-state index contributed by atoms with van der Waals surface area (Å²) in [6.07, 6.45) is 1.99. The van der Waals surface area contributed by atoms with Gasteiger partial charge in [-0.15, -0.1) is 0 Å². The zero-order valence-corrected chi connectivity index (χ0v) is 12.6. The molecule has 0 aromatic carbocycles. The van der Waals surface area contributed by atoms with Crippen molar-refractivity contribution in [2.24, 2.45) is 0 Å². The second-order valence-corrected chi connectivity index (χ2v) is 6.38. The number of nitrogens with zero attached hydrogens (tertiary/aromatic N) is 2. The Morgan fingerprint density at radius 2 is 2.28 bits per heavy atom. The number of carboxylic acid groups (broad SMARTS) is 1. The highest BCUT2D eigenvalue weighted by molar-refractivity contribution is 7.99. The molecule has 2 unspecified atom stereocenters. The largest absolute Gasteiger partial charge is 0.480 e. The van der Waals surface area contributed by atoms with E-state index >= 15 is 0 Å². The average molecular weight is 292 g/mol. The molecule has 2 atom stereocenters. The molecule has 1 saturated heterocycles. The highest BCUT2D eigenvalue weighted by Gasteiger charge is 2.34. The maximum Gasteiger partial charge on any atom is 0.327 e. The van der Waals surface area contributed by atoms with Crippen LogP contribution in [0.2, 0.25) is 0 Å². The Morgan fingerprint density at radius 1 is 1.61 bits per heavy atom. The summed E-state index contributed by atoms with van der Waals surface area (Å²) in [5, 5.41) is 9.15. The van der Waals surface area contributed by atoms with E-state index in [0.29, 0.717) is 12.3 Å². The predicted molar refractivity (Wildman–Crippen MR) is 76.5 cm³/mol. The fourth-order valence-corrected chi connectivity index (χ4v) is 3.53. The highest BCUT2D eigenvalue weighted by Crippen LogP contribution is 2.19. The first kappa shape index (κ1) is 15.5. The number of aliphatic carboxylic acids is 1. The van der Waals surface area contributed by atoms with Gasteiger partial charge in [-0.05, 0) is 13.2 Å². The maximum atomic E-state index is 12.3. The second-order valence-electron chi connectivity index (χ2n) is 4.32. The van der Waals surface area contributed by atoms with Gasteiger partial charge in [-0.3, -0.25) is 0 Å². The smallest absolute Gasteiger partial charge is 0.327 e. The van der Waals surface area contributed by atoms with Gasteiger partial charge in [0.1, 0.15) is 6.04 Å². The van der Waals surface area contributed by atoms with Crippen LogP contribution >= 0.6 is 23.5 Å². The summed E-state index contributed by atoms with van der Waals surface area (Å²) < 4.78 is 0. The van der Waals surface area contributed by atoms with Crippen LogP contribution in [0.4, 0.5) is 4.79 Å². The number of rotatable bonds is 4. The molecule has 0 aromatic heterocycles. The van der Waals surface area contributed by atoms with Crippen LogP contribution in [0.1, 0.15) is 6.92 Å². The summed E-state index contributed by atoms with van der Waals surface area (Å²) >= 11 is 3.26. The number of hydrogen-bond acceptors (Lipinski definition) is 4. The van der Waals surface area contributed by atoms with Gasteiger partial charge in [-0.1, -0.05) is 0 Å². The zero-order valence-electron chi connectivity index (χ0n) is 11.0. The number of carboxylic acids is 1. The minimum atomic E-state index is -0.915. The minimum absolute atomic E-state index is 0.108. The molecule has 1 fully saturated rings. The fourth-order valence-electron chi connectivity index (χ4n) is 1.78. The molecule has 0 aromatic rings. The zero-order chi connectivity index (χ0) is 13.7. The molecule has 0 spiro atoms. The van der Waals surface area contributed by atoms with Gasteiger partial charge in [0, 0.05) is 36.9 Å². The van der Waals surface area contributed by atoms with E-state index in [0.717, 1.165) is 11.5 Å². The summed E-state index contributed by atoms with van der Waals surface area (Å²) in [5.41, 5.74) is 0. The van der Waals surface area contributed by atoms with Gasteiger partial charge in [0.15, 0.2) is 0 Å². The van der Waals surface area contributed by atoms with Crippen molar-refractivity contribution in [3.8, 4) is 0 Å². The van der Waals surface area contributed by atoms with Crippen LogP contribution in [0.5, 0.6) is 0 Å². The molecule has 0 bridgehead atoms. The van der Waals surface area contributed by atoms with E-state index < -0.39 is 12.0 Å². The van der Waals surface area contributed by atoms with Gasteiger partial charge in [-0.2, -0.15) is 23.5 Å². The summed E-state index contributed by atoms with van der Waals surface area (Å²) in [6.45, 7) is 2.49. The maximum absolute atomic E-state index is 12.3. The lowest BCUT2D eigenvalue weighted by Crippen LogP contribution is -2.55. The first-order chi connectivity index (χ1) is 8.49. The van der Waals surface area contributed by atoms with Crippen LogP contribution < -0.4 is 0 Å². The molecule has 1 aliphatic rings. The lowest BCUT2D eigenvalue weighted by Gasteiger charge is -2.37. The van der Waals surface area contributed by atoms with Gasteiger partial charge in [0.05, 0.1) is 0 Å². The lowest BCUT2D eigenvalue weighted by molar-refractivity contribution is -0.141. The van der Waals surface area contributed by atoms with Crippen LogP contribution in [-0.4, -0.2) is 76.1 Å². The molecule has 0 saturated carbocycles. The van der Waals surface area contributed by atoms with Gasteiger partial charge in [0.2, 0.25) is 0 Å². The third kappa shape index (κ3) is 3.71. The molecule has 1 N–H and O–H groups in total. The molecule has 5 nitrogen and oxygen atoms in total. The van der Waals surface area contributed by atoms with Crippen LogP contribution in [-0.2, 0) is 4.79 Å². The standard InChI is InChI=1S/C11H20N2O3S2/c1-8(6-17-3)12(2)11(16)13-4-5-18-7-9(13)10(14)15/h8-9H,4-7H2,1-3H3,(H,14,15). The van der Waals surface area contributed by atoms with E-state index in [1.807, 2.05) is 13.2 Å². The quantitative estimate of drug-likeness (QED) is 0.846. The molecule has 104 valence electrons. The van der Waals surface area contributed by atoms with E-state index in [1.165, 1.54) is 4.90 Å². The Hall–Kier alpha value is -0.560. The Labute approximate surface area is 116 Å². The number of hydrogen-bond donors (Lipinski definition) is 1. The Bertz CT molecular complexity index is 315. The summed E-state index contributed by atoms with van der Waals surface area (Å²) in [6, 6.07) is -0.763. The van der Waals surface area contributed by atoms with Crippen molar-refractivity contribution in [3.05, 3.63) is 0 Å². The van der Waals surface area contributed by atoms with Gasteiger partial charge >= 0.3 is 12.0 Å². The fraction of sp³-hybridized carbons (Fsp3) is 0.818. The molecule has 1 aliphatic heterocycles. The molecule has 2 amide bonds. The molecule has 18 heavy (non-hydrogen) atoms. The third-order valence-corrected chi connectivity index (χ3v) is 4.87. The first-order valence-corrected chi connectivity index (χ1v) is 8.36. The van der Waals surface area contributed by atoms with Crippen LogP contribution in [0, 0.1) is 0 Å². The van der Waals surface area contributed by atoms with Crippen LogP contribution in [0.25, 0.3) is 0 Å². The minimum Gasteiger partial charge on any atom is -0.480 e. The highest BCUT2D eigenvalue weighted by atomic mass is 32.2. The van der Waals surface area contributed by atoms with E-state index in [-0.39, 0.29) is 12.1 Å². The molecule has 0 radical (unpaired) electrons. The normalized spacial score (nSPS) is 21.5. The van der Waals surface area contributed by atoms with Crippen molar-refractivity contribution >= 4 is 35.5 Å². The predicted octanol–water partition coefficient (Wildman–Crippen LogP) is 1.29. The number of carbonyl (C=O) groups excluding carboxylic acids is 1. The SMILES string of the molecule is CSCC(C)N(C)C(=O)N1CCSCC1C(=O)O.